The fraction of sp³-hybridized carbons (Fsp3) is 0.636. The van der Waals surface area contributed by atoms with Crippen LogP contribution in [-0.4, -0.2) is 16.0 Å². The zero-order chi connectivity index (χ0) is 10.6. The van der Waals surface area contributed by atoms with Crippen molar-refractivity contribution in [2.75, 3.05) is 4.43 Å². The number of halogens is 1. The molecule has 1 aliphatic carbocycles. The zero-order valence-corrected chi connectivity index (χ0v) is 10.5. The van der Waals surface area contributed by atoms with Crippen LogP contribution in [0.15, 0.2) is 12.2 Å². The molecule has 0 aromatic rings. The zero-order valence-electron chi connectivity index (χ0n) is 8.38. The summed E-state index contributed by atoms with van der Waals surface area (Å²) in [6.07, 6.45) is 6.41. The lowest BCUT2D eigenvalue weighted by Gasteiger charge is -2.29. The minimum atomic E-state index is -0.722. The predicted octanol–water partition coefficient (Wildman–Crippen LogP) is 2.70. The molecule has 0 aromatic heterocycles. The molecule has 0 unspecified atom stereocenters. The largest absolute Gasteiger partial charge is 0.299 e. The van der Waals surface area contributed by atoms with E-state index < -0.39 is 5.41 Å². The van der Waals surface area contributed by atoms with E-state index in [1.54, 1.807) is 6.92 Å². The minimum absolute atomic E-state index is 0.117. The van der Waals surface area contributed by atoms with Crippen LogP contribution in [0.2, 0.25) is 0 Å². The van der Waals surface area contributed by atoms with Crippen molar-refractivity contribution in [2.24, 2.45) is 5.41 Å². The van der Waals surface area contributed by atoms with Gasteiger partial charge < -0.3 is 0 Å². The highest BCUT2D eigenvalue weighted by atomic mass is 127. The number of rotatable bonds is 3. The Bertz CT molecular complexity index is 252. The molecule has 1 aliphatic rings. The van der Waals surface area contributed by atoms with Gasteiger partial charge in [-0.2, -0.15) is 0 Å². The third-order valence-corrected chi connectivity index (χ3v) is 3.33. The molecule has 0 amide bonds. The maximum Gasteiger partial charge on any atom is 0.146 e. The van der Waals surface area contributed by atoms with E-state index in [1.807, 2.05) is 12.2 Å². The van der Waals surface area contributed by atoms with Gasteiger partial charge in [0.05, 0.1) is 5.41 Å². The van der Waals surface area contributed by atoms with E-state index >= 15 is 0 Å². The monoisotopic (exact) mass is 306 g/mol. The molecule has 1 fully saturated rings. The smallest absolute Gasteiger partial charge is 0.146 e. The van der Waals surface area contributed by atoms with Crippen molar-refractivity contribution < 1.29 is 9.59 Å². The SMILES string of the molecule is CC1(C/C=C\CI)C(=O)CCCC1=O. The van der Waals surface area contributed by atoms with Crippen LogP contribution in [0.25, 0.3) is 0 Å². The number of carbonyl (C=O) groups excluding carboxylic acids is 2. The predicted molar refractivity (Wildman–Crippen MR) is 64.6 cm³/mol. The molecule has 0 aliphatic heterocycles. The van der Waals surface area contributed by atoms with E-state index in [0.29, 0.717) is 19.3 Å². The molecule has 1 rings (SSSR count). The number of Topliss-reactive ketones (excluding diaryl/α,β-unsaturated/α-hetero) is 2. The fourth-order valence-corrected chi connectivity index (χ4v) is 2.09. The van der Waals surface area contributed by atoms with Crippen molar-refractivity contribution in [3.8, 4) is 0 Å². The average Bonchev–Trinajstić information content (AvgIpc) is 2.15. The molecule has 0 bridgehead atoms. The van der Waals surface area contributed by atoms with E-state index in [2.05, 4.69) is 22.6 Å². The molecular formula is C11H15IO2. The highest BCUT2D eigenvalue weighted by Gasteiger charge is 2.41. The van der Waals surface area contributed by atoms with Crippen LogP contribution < -0.4 is 0 Å². The van der Waals surface area contributed by atoms with Gasteiger partial charge in [0.15, 0.2) is 0 Å². The molecule has 1 saturated carbocycles. The Kier molecular flexibility index (Phi) is 4.29. The van der Waals surface area contributed by atoms with Crippen molar-refractivity contribution in [1.82, 2.24) is 0 Å². The summed E-state index contributed by atoms with van der Waals surface area (Å²) in [5.74, 6) is 0.235. The summed E-state index contributed by atoms with van der Waals surface area (Å²) in [5.41, 5.74) is -0.722. The molecule has 0 aromatic carbocycles. The normalized spacial score (nSPS) is 21.9. The Morgan fingerprint density at radius 2 is 1.86 bits per heavy atom. The van der Waals surface area contributed by atoms with Crippen LogP contribution in [-0.2, 0) is 9.59 Å². The molecule has 78 valence electrons. The van der Waals surface area contributed by atoms with Crippen LogP contribution in [0, 0.1) is 5.41 Å². The first kappa shape index (κ1) is 11.9. The van der Waals surface area contributed by atoms with Gasteiger partial charge in [-0.3, -0.25) is 9.59 Å². The van der Waals surface area contributed by atoms with Gasteiger partial charge in [-0.15, -0.1) is 0 Å². The van der Waals surface area contributed by atoms with Gasteiger partial charge in [0.25, 0.3) is 0 Å². The molecule has 0 atom stereocenters. The standard InChI is InChI=1S/C11H15IO2/c1-11(7-2-3-8-12)9(13)5-4-6-10(11)14/h2-3H,4-8H2,1H3/b3-2-. The van der Waals surface area contributed by atoms with Gasteiger partial charge in [0.1, 0.15) is 11.6 Å². The van der Waals surface area contributed by atoms with Crippen LogP contribution in [0.4, 0.5) is 0 Å². The van der Waals surface area contributed by atoms with Gasteiger partial charge in [-0.1, -0.05) is 34.7 Å². The summed E-state index contributed by atoms with van der Waals surface area (Å²) in [5, 5.41) is 0. The van der Waals surface area contributed by atoms with Crippen molar-refractivity contribution in [1.29, 1.82) is 0 Å². The lowest BCUT2D eigenvalue weighted by Crippen LogP contribution is -2.39. The number of ketones is 2. The third kappa shape index (κ3) is 2.43. The van der Waals surface area contributed by atoms with E-state index in [-0.39, 0.29) is 11.6 Å². The average molecular weight is 306 g/mol. The van der Waals surface area contributed by atoms with Gasteiger partial charge in [0, 0.05) is 17.3 Å². The molecular weight excluding hydrogens is 291 g/mol. The van der Waals surface area contributed by atoms with Crippen molar-refractivity contribution >= 4 is 34.2 Å². The Hall–Kier alpha value is -0.190. The third-order valence-electron chi connectivity index (χ3n) is 2.82. The minimum Gasteiger partial charge on any atom is -0.299 e. The van der Waals surface area contributed by atoms with Gasteiger partial charge in [0.2, 0.25) is 0 Å². The van der Waals surface area contributed by atoms with Crippen LogP contribution in [0.1, 0.15) is 32.6 Å². The van der Waals surface area contributed by atoms with Gasteiger partial charge in [-0.25, -0.2) is 0 Å². The molecule has 0 saturated heterocycles. The Morgan fingerprint density at radius 1 is 1.29 bits per heavy atom. The van der Waals surface area contributed by atoms with Crippen molar-refractivity contribution in [3.63, 3.8) is 0 Å². The van der Waals surface area contributed by atoms with E-state index in [0.717, 1.165) is 10.8 Å². The van der Waals surface area contributed by atoms with Gasteiger partial charge in [-0.05, 0) is 19.8 Å². The summed E-state index contributed by atoms with van der Waals surface area (Å²) in [6, 6.07) is 0. The van der Waals surface area contributed by atoms with E-state index in [1.165, 1.54) is 0 Å². The molecule has 14 heavy (non-hydrogen) atoms. The van der Waals surface area contributed by atoms with Gasteiger partial charge >= 0.3 is 0 Å². The Morgan fingerprint density at radius 3 is 2.36 bits per heavy atom. The molecule has 2 nitrogen and oxygen atoms in total. The molecule has 0 spiro atoms. The highest BCUT2D eigenvalue weighted by molar-refractivity contribution is 14.1. The quantitative estimate of drug-likeness (QED) is 0.348. The van der Waals surface area contributed by atoms with Crippen molar-refractivity contribution in [3.05, 3.63) is 12.2 Å². The molecule has 0 N–H and O–H groups in total. The van der Waals surface area contributed by atoms with Crippen molar-refractivity contribution in [2.45, 2.75) is 32.6 Å². The maximum absolute atomic E-state index is 11.7. The van der Waals surface area contributed by atoms with Crippen LogP contribution in [0.5, 0.6) is 0 Å². The van der Waals surface area contributed by atoms with Crippen LogP contribution >= 0.6 is 22.6 Å². The number of allylic oxidation sites excluding steroid dienone is 2. The van der Waals surface area contributed by atoms with Crippen LogP contribution in [0.3, 0.4) is 0 Å². The maximum atomic E-state index is 11.7. The topological polar surface area (TPSA) is 34.1 Å². The summed E-state index contributed by atoms with van der Waals surface area (Å²) < 4.78 is 0.927. The summed E-state index contributed by atoms with van der Waals surface area (Å²) in [4.78, 5) is 23.3. The molecule has 0 heterocycles. The van der Waals surface area contributed by atoms with E-state index in [4.69, 9.17) is 0 Å². The second-order valence-electron chi connectivity index (χ2n) is 3.86. The lowest BCUT2D eigenvalue weighted by atomic mass is 9.71. The summed E-state index contributed by atoms with van der Waals surface area (Å²) >= 11 is 2.24. The van der Waals surface area contributed by atoms with E-state index in [9.17, 15) is 9.59 Å². The number of carbonyl (C=O) groups is 2. The summed E-state index contributed by atoms with van der Waals surface area (Å²) in [6.45, 7) is 1.79. The fourth-order valence-electron chi connectivity index (χ4n) is 1.73. The Labute approximate surface area is 98.3 Å². The first-order valence-electron chi connectivity index (χ1n) is 4.89. The summed E-state index contributed by atoms with van der Waals surface area (Å²) in [7, 11) is 0. The second-order valence-corrected chi connectivity index (χ2v) is 4.74. The number of hydrogen-bond donors (Lipinski definition) is 0. The molecule has 3 heteroatoms. The Balaban J connectivity index is 2.72. The second kappa shape index (κ2) is 5.05. The lowest BCUT2D eigenvalue weighted by molar-refractivity contribution is -0.142. The molecule has 0 radical (unpaired) electrons. The first-order chi connectivity index (χ1) is 6.61. The first-order valence-corrected chi connectivity index (χ1v) is 6.41. The number of alkyl halides is 1. The highest BCUT2D eigenvalue weighted by Crippen LogP contribution is 2.33. The number of hydrogen-bond acceptors (Lipinski definition) is 2.